The molecule has 8 heteroatoms. The molecule has 0 fully saturated rings. The fourth-order valence-corrected chi connectivity index (χ4v) is 2.13. The summed E-state index contributed by atoms with van der Waals surface area (Å²) in [6, 6.07) is 7.56. The van der Waals surface area contributed by atoms with Gasteiger partial charge in [0.1, 0.15) is 6.42 Å². The zero-order valence-electron chi connectivity index (χ0n) is 13.6. The summed E-state index contributed by atoms with van der Waals surface area (Å²) < 4.78 is 47.0. The van der Waals surface area contributed by atoms with Gasteiger partial charge < -0.3 is 14.6 Å². The first-order valence-electron chi connectivity index (χ1n) is 7.58. The molecular weight excluding hydrogens is 323 g/mol. The van der Waals surface area contributed by atoms with Crippen LogP contribution < -0.4 is 5.32 Å². The predicted molar refractivity (Wildman–Crippen MR) is 82.3 cm³/mol. The maximum absolute atomic E-state index is 12.3. The van der Waals surface area contributed by atoms with Crippen LogP contribution in [0, 0.1) is 0 Å². The average Bonchev–Trinajstić information content (AvgIpc) is 2.97. The second kappa shape index (κ2) is 8.25. The van der Waals surface area contributed by atoms with Gasteiger partial charge in [0.15, 0.2) is 5.82 Å². The Kier molecular flexibility index (Phi) is 6.33. The molecule has 1 atom stereocenters. The van der Waals surface area contributed by atoms with Crippen molar-refractivity contribution in [3.05, 3.63) is 35.7 Å². The lowest BCUT2D eigenvalue weighted by atomic mass is 10.1. The summed E-state index contributed by atoms with van der Waals surface area (Å²) in [6.07, 6.45) is -4.67. The van der Waals surface area contributed by atoms with Crippen LogP contribution in [0.5, 0.6) is 0 Å². The van der Waals surface area contributed by atoms with E-state index in [9.17, 15) is 13.2 Å². The fraction of sp³-hybridized carbons (Fsp3) is 0.500. The van der Waals surface area contributed by atoms with Gasteiger partial charge in [0.25, 0.3) is 5.89 Å². The Balaban J connectivity index is 2.00. The van der Waals surface area contributed by atoms with E-state index in [-0.39, 0.29) is 17.8 Å². The molecule has 0 spiro atoms. The first-order valence-corrected chi connectivity index (χ1v) is 7.58. The minimum atomic E-state index is -4.36. The lowest BCUT2D eigenvalue weighted by Crippen LogP contribution is -2.26. The smallest absolute Gasteiger partial charge is 0.385 e. The second-order valence-corrected chi connectivity index (χ2v) is 5.57. The Labute approximate surface area is 138 Å². The molecular formula is C16H20F3N3O2. The van der Waals surface area contributed by atoms with Gasteiger partial charge in [-0.3, -0.25) is 0 Å². The normalized spacial score (nSPS) is 13.2. The highest BCUT2D eigenvalue weighted by Crippen LogP contribution is 2.23. The summed E-state index contributed by atoms with van der Waals surface area (Å²) >= 11 is 0. The highest BCUT2D eigenvalue weighted by molar-refractivity contribution is 5.54. The van der Waals surface area contributed by atoms with E-state index in [0.717, 1.165) is 12.0 Å². The Morgan fingerprint density at radius 1 is 1.33 bits per heavy atom. The molecule has 1 heterocycles. The van der Waals surface area contributed by atoms with Gasteiger partial charge in [0.05, 0.1) is 0 Å². The van der Waals surface area contributed by atoms with Crippen LogP contribution in [-0.2, 0) is 17.7 Å². The minimum absolute atomic E-state index is 0.0866. The molecule has 0 saturated carbocycles. The van der Waals surface area contributed by atoms with Gasteiger partial charge in [-0.05, 0) is 31.0 Å². The van der Waals surface area contributed by atoms with E-state index in [1.807, 2.05) is 12.1 Å². The number of nitrogens with one attached hydrogen (secondary N) is 1. The Hall–Kier alpha value is -1.93. The van der Waals surface area contributed by atoms with Crippen LogP contribution in [0.25, 0.3) is 11.5 Å². The van der Waals surface area contributed by atoms with Crippen LogP contribution in [0.2, 0.25) is 0 Å². The molecule has 24 heavy (non-hydrogen) atoms. The van der Waals surface area contributed by atoms with E-state index in [4.69, 9.17) is 9.26 Å². The quantitative estimate of drug-likeness (QED) is 0.796. The van der Waals surface area contributed by atoms with Crippen LogP contribution in [0.4, 0.5) is 13.2 Å². The molecule has 0 aliphatic carbocycles. The van der Waals surface area contributed by atoms with Gasteiger partial charge in [0.2, 0.25) is 0 Å². The number of alkyl halides is 3. The summed E-state index contributed by atoms with van der Waals surface area (Å²) in [5.74, 6) is -0.280. The molecule has 0 aliphatic rings. The van der Waals surface area contributed by atoms with Crippen LogP contribution in [0.1, 0.15) is 24.7 Å². The van der Waals surface area contributed by atoms with E-state index < -0.39 is 12.6 Å². The minimum Gasteiger partial charge on any atom is -0.385 e. The molecule has 0 bridgehead atoms. The summed E-state index contributed by atoms with van der Waals surface area (Å²) in [6.45, 7) is 3.37. The molecule has 132 valence electrons. The molecule has 0 amide bonds. The van der Waals surface area contributed by atoms with Gasteiger partial charge in [-0.1, -0.05) is 17.3 Å². The van der Waals surface area contributed by atoms with Crippen molar-refractivity contribution in [2.24, 2.45) is 0 Å². The van der Waals surface area contributed by atoms with Gasteiger partial charge >= 0.3 is 6.18 Å². The van der Waals surface area contributed by atoms with Crippen molar-refractivity contribution < 1.29 is 22.4 Å². The number of methoxy groups -OCH3 is 1. The summed E-state index contributed by atoms with van der Waals surface area (Å²) in [4.78, 5) is 3.81. The van der Waals surface area contributed by atoms with E-state index in [2.05, 4.69) is 22.4 Å². The molecule has 1 aromatic carbocycles. The SMILES string of the molecule is COCCC(C)NCc1cccc(-c2nc(CC(F)(F)F)no2)c1. The molecule has 5 nitrogen and oxygen atoms in total. The number of hydrogen-bond acceptors (Lipinski definition) is 5. The summed E-state index contributed by atoms with van der Waals surface area (Å²) in [5, 5.41) is 6.73. The standard InChI is InChI=1S/C16H20F3N3O2/c1-11(6-7-23-2)20-10-12-4-3-5-13(8-12)15-21-14(22-24-15)9-16(17,18)19/h3-5,8,11,20H,6-7,9-10H2,1-2H3. The van der Waals surface area contributed by atoms with Crippen molar-refractivity contribution in [1.29, 1.82) is 0 Å². The number of hydrogen-bond donors (Lipinski definition) is 1. The van der Waals surface area contributed by atoms with Crippen molar-refractivity contribution in [2.75, 3.05) is 13.7 Å². The number of benzene rings is 1. The average molecular weight is 343 g/mol. The van der Waals surface area contributed by atoms with Gasteiger partial charge in [-0.2, -0.15) is 18.2 Å². The van der Waals surface area contributed by atoms with Crippen molar-refractivity contribution in [3.8, 4) is 11.5 Å². The maximum Gasteiger partial charge on any atom is 0.396 e. The van der Waals surface area contributed by atoms with Gasteiger partial charge in [0, 0.05) is 31.9 Å². The number of rotatable bonds is 8. The Bertz CT molecular complexity index is 643. The molecule has 1 aromatic heterocycles. The Morgan fingerprint density at radius 2 is 2.12 bits per heavy atom. The maximum atomic E-state index is 12.3. The fourth-order valence-electron chi connectivity index (χ4n) is 2.13. The zero-order valence-corrected chi connectivity index (χ0v) is 13.6. The lowest BCUT2D eigenvalue weighted by Gasteiger charge is -2.13. The van der Waals surface area contributed by atoms with Crippen molar-refractivity contribution in [3.63, 3.8) is 0 Å². The number of ether oxygens (including phenoxy) is 1. The van der Waals surface area contributed by atoms with E-state index in [1.165, 1.54) is 0 Å². The second-order valence-electron chi connectivity index (χ2n) is 5.57. The lowest BCUT2D eigenvalue weighted by molar-refractivity contribution is -0.128. The molecule has 0 radical (unpaired) electrons. The topological polar surface area (TPSA) is 60.2 Å². The zero-order chi connectivity index (χ0) is 17.6. The van der Waals surface area contributed by atoms with E-state index >= 15 is 0 Å². The van der Waals surface area contributed by atoms with Crippen molar-refractivity contribution in [2.45, 2.75) is 38.5 Å². The number of aromatic nitrogens is 2. The molecule has 0 saturated heterocycles. The van der Waals surface area contributed by atoms with Gasteiger partial charge in [-0.15, -0.1) is 0 Å². The monoisotopic (exact) mass is 343 g/mol. The summed E-state index contributed by atoms with van der Waals surface area (Å²) in [5.41, 5.74) is 1.58. The van der Waals surface area contributed by atoms with Crippen molar-refractivity contribution in [1.82, 2.24) is 15.5 Å². The molecule has 2 aromatic rings. The third-order valence-electron chi connectivity index (χ3n) is 3.41. The van der Waals surface area contributed by atoms with E-state index in [0.29, 0.717) is 18.7 Å². The largest absolute Gasteiger partial charge is 0.396 e. The van der Waals surface area contributed by atoms with Crippen molar-refractivity contribution >= 4 is 0 Å². The van der Waals surface area contributed by atoms with Gasteiger partial charge in [-0.25, -0.2) is 0 Å². The summed E-state index contributed by atoms with van der Waals surface area (Å²) in [7, 11) is 1.66. The van der Waals surface area contributed by atoms with Crippen LogP contribution in [0.3, 0.4) is 0 Å². The first kappa shape index (κ1) is 18.4. The molecule has 2 rings (SSSR count). The predicted octanol–water partition coefficient (Wildman–Crippen LogP) is 3.36. The highest BCUT2D eigenvalue weighted by atomic mass is 19.4. The van der Waals surface area contributed by atoms with Crippen LogP contribution in [0.15, 0.2) is 28.8 Å². The third-order valence-corrected chi connectivity index (χ3v) is 3.41. The van der Waals surface area contributed by atoms with E-state index in [1.54, 1.807) is 19.2 Å². The molecule has 1 N–H and O–H groups in total. The number of halogens is 3. The highest BCUT2D eigenvalue weighted by Gasteiger charge is 2.30. The third kappa shape index (κ3) is 5.93. The first-order chi connectivity index (χ1) is 11.4. The molecule has 0 aliphatic heterocycles. The number of nitrogens with zero attached hydrogens (tertiary/aromatic N) is 2. The van der Waals surface area contributed by atoms with Crippen LogP contribution >= 0.6 is 0 Å². The molecule has 1 unspecified atom stereocenters. The van der Waals surface area contributed by atoms with Crippen LogP contribution in [-0.4, -0.2) is 36.1 Å². The Morgan fingerprint density at radius 3 is 2.83 bits per heavy atom.